The van der Waals surface area contributed by atoms with E-state index in [0.717, 1.165) is 12.5 Å². The van der Waals surface area contributed by atoms with Crippen LogP contribution in [-0.4, -0.2) is 59.7 Å². The molecule has 1 unspecified atom stereocenters. The number of carbonyl (C=O) groups excluding carboxylic acids is 2. The Bertz CT molecular complexity index is 385. The first kappa shape index (κ1) is 22.7. The zero-order valence-electron chi connectivity index (χ0n) is 15.5. The zero-order valence-corrected chi connectivity index (χ0v) is 16.5. The minimum atomic E-state index is -0.844. The molecule has 0 saturated carbocycles. The van der Waals surface area contributed by atoms with Crippen LogP contribution in [0.25, 0.3) is 0 Å². The second-order valence-electron chi connectivity index (χ2n) is 7.16. The highest BCUT2D eigenvalue weighted by molar-refractivity contribution is 6.08. The summed E-state index contributed by atoms with van der Waals surface area (Å²) >= 11 is 0. The first-order chi connectivity index (χ1) is 10.9. The summed E-state index contributed by atoms with van der Waals surface area (Å²) in [6, 6.07) is 0.798. The van der Waals surface area contributed by atoms with Crippen molar-refractivity contribution in [3.05, 3.63) is 0 Å². The van der Waals surface area contributed by atoms with E-state index >= 15 is 0 Å². The third-order valence-corrected chi connectivity index (χ3v) is 2.55. The highest BCUT2D eigenvalue weighted by Crippen LogP contribution is 2.11. The fourth-order valence-corrected chi connectivity index (χ4v) is 1.50. The molecule has 0 aromatic heterocycles. The van der Waals surface area contributed by atoms with E-state index in [1.54, 1.807) is 41.5 Å². The first-order valence-electron chi connectivity index (χ1n) is 7.90. The SMILES string of the molecule is CC(C)(C)OC(=O)OCC(COCCC[Si])OC(=O)OC(C)(C)C. The van der Waals surface area contributed by atoms with E-state index < -0.39 is 29.6 Å². The van der Waals surface area contributed by atoms with Gasteiger partial charge in [0.2, 0.25) is 0 Å². The Morgan fingerprint density at radius 1 is 0.917 bits per heavy atom. The Morgan fingerprint density at radius 3 is 1.96 bits per heavy atom. The van der Waals surface area contributed by atoms with Crippen LogP contribution < -0.4 is 0 Å². The lowest BCUT2D eigenvalue weighted by Crippen LogP contribution is -2.34. The normalized spacial score (nSPS) is 13.1. The molecule has 0 aromatic rings. The molecular weight excluding hydrogens is 332 g/mol. The third-order valence-electron chi connectivity index (χ3n) is 2.20. The van der Waals surface area contributed by atoms with E-state index in [0.29, 0.717) is 6.61 Å². The van der Waals surface area contributed by atoms with Crippen LogP contribution in [0.3, 0.4) is 0 Å². The maximum Gasteiger partial charge on any atom is 0.509 e. The maximum atomic E-state index is 11.8. The lowest BCUT2D eigenvalue weighted by molar-refractivity contribution is -0.0746. The number of carbonyl (C=O) groups is 2. The summed E-state index contributed by atoms with van der Waals surface area (Å²) in [7, 11) is 3.34. The molecule has 0 aliphatic carbocycles. The van der Waals surface area contributed by atoms with Crippen LogP contribution >= 0.6 is 0 Å². The van der Waals surface area contributed by atoms with Crippen molar-refractivity contribution in [1.82, 2.24) is 0 Å². The second-order valence-corrected chi connectivity index (χ2v) is 7.66. The van der Waals surface area contributed by atoms with E-state index in [1.807, 2.05) is 0 Å². The van der Waals surface area contributed by atoms with Gasteiger partial charge in [-0.05, 0) is 48.0 Å². The van der Waals surface area contributed by atoms with Gasteiger partial charge in [0.25, 0.3) is 0 Å². The number of hydrogen-bond donors (Lipinski definition) is 0. The Labute approximate surface area is 147 Å². The summed E-state index contributed by atoms with van der Waals surface area (Å²) < 4.78 is 25.7. The molecule has 139 valence electrons. The average molecular weight is 361 g/mol. The molecular formula is C16H29O7Si. The Balaban J connectivity index is 4.46. The van der Waals surface area contributed by atoms with Gasteiger partial charge in [0.05, 0.1) is 6.61 Å². The molecule has 0 amide bonds. The van der Waals surface area contributed by atoms with E-state index in [2.05, 4.69) is 10.2 Å². The minimum Gasteiger partial charge on any atom is -0.430 e. The highest BCUT2D eigenvalue weighted by Gasteiger charge is 2.24. The molecule has 0 fully saturated rings. The van der Waals surface area contributed by atoms with E-state index in [1.165, 1.54) is 0 Å². The molecule has 1 atom stereocenters. The lowest BCUT2D eigenvalue weighted by atomic mass is 10.2. The van der Waals surface area contributed by atoms with E-state index in [-0.39, 0.29) is 13.2 Å². The van der Waals surface area contributed by atoms with Crippen molar-refractivity contribution in [2.24, 2.45) is 0 Å². The molecule has 0 saturated heterocycles. The molecule has 7 nitrogen and oxygen atoms in total. The molecule has 0 aliphatic rings. The van der Waals surface area contributed by atoms with Crippen LogP contribution in [0.2, 0.25) is 6.04 Å². The quantitative estimate of drug-likeness (QED) is 0.373. The van der Waals surface area contributed by atoms with Gasteiger partial charge in [-0.15, -0.1) is 0 Å². The van der Waals surface area contributed by atoms with Gasteiger partial charge >= 0.3 is 12.3 Å². The van der Waals surface area contributed by atoms with Gasteiger partial charge in [-0.3, -0.25) is 0 Å². The second kappa shape index (κ2) is 10.6. The van der Waals surface area contributed by atoms with Gasteiger partial charge in [-0.2, -0.15) is 0 Å². The number of hydrogen-bond acceptors (Lipinski definition) is 7. The van der Waals surface area contributed by atoms with Gasteiger partial charge in [0.15, 0.2) is 6.10 Å². The average Bonchev–Trinajstić information content (AvgIpc) is 2.36. The topological polar surface area (TPSA) is 80.3 Å². The van der Waals surface area contributed by atoms with Crippen LogP contribution in [0.4, 0.5) is 9.59 Å². The van der Waals surface area contributed by atoms with Crippen LogP contribution in [0.15, 0.2) is 0 Å². The maximum absolute atomic E-state index is 11.8. The molecule has 0 aromatic carbocycles. The van der Waals surface area contributed by atoms with Crippen LogP contribution in [0, 0.1) is 0 Å². The number of ether oxygens (including phenoxy) is 5. The highest BCUT2D eigenvalue weighted by atomic mass is 28.1. The van der Waals surface area contributed by atoms with E-state index in [4.69, 9.17) is 23.7 Å². The predicted molar refractivity (Wildman–Crippen MR) is 89.3 cm³/mol. The van der Waals surface area contributed by atoms with Crippen molar-refractivity contribution in [2.45, 2.75) is 71.3 Å². The van der Waals surface area contributed by atoms with Crippen LogP contribution in [0.5, 0.6) is 0 Å². The van der Waals surface area contributed by atoms with Crippen LogP contribution in [0.1, 0.15) is 48.0 Å². The molecule has 0 N–H and O–H groups in total. The van der Waals surface area contributed by atoms with Crippen LogP contribution in [-0.2, 0) is 23.7 Å². The standard InChI is InChI=1S/C16H29O7Si/c1-15(2,3)22-13(17)20-11-12(10-19-8-7-9-24)21-14(18)23-16(4,5)6/h12H,7-11H2,1-6H3. The van der Waals surface area contributed by atoms with Crippen molar-refractivity contribution in [3.8, 4) is 0 Å². The lowest BCUT2D eigenvalue weighted by Gasteiger charge is -2.23. The monoisotopic (exact) mass is 361 g/mol. The zero-order chi connectivity index (χ0) is 18.8. The summed E-state index contributed by atoms with van der Waals surface area (Å²) in [5.41, 5.74) is -1.34. The molecule has 0 bridgehead atoms. The summed E-state index contributed by atoms with van der Waals surface area (Å²) in [6.45, 7) is 10.8. The fourth-order valence-electron chi connectivity index (χ4n) is 1.36. The van der Waals surface area contributed by atoms with Gasteiger partial charge in [0.1, 0.15) is 17.8 Å². The van der Waals surface area contributed by atoms with Gasteiger partial charge in [-0.1, -0.05) is 6.04 Å². The first-order valence-corrected chi connectivity index (χ1v) is 8.61. The van der Waals surface area contributed by atoms with E-state index in [9.17, 15) is 9.59 Å². The van der Waals surface area contributed by atoms with Gasteiger partial charge in [0, 0.05) is 16.8 Å². The Morgan fingerprint density at radius 2 is 1.46 bits per heavy atom. The van der Waals surface area contributed by atoms with Crippen molar-refractivity contribution in [1.29, 1.82) is 0 Å². The molecule has 0 aliphatic heterocycles. The van der Waals surface area contributed by atoms with Crippen molar-refractivity contribution >= 4 is 22.6 Å². The molecule has 8 heteroatoms. The molecule has 0 heterocycles. The summed E-state index contributed by atoms with van der Waals surface area (Å²) in [5, 5.41) is 0. The molecule has 3 radical (unpaired) electrons. The number of rotatable bonds is 8. The summed E-state index contributed by atoms with van der Waals surface area (Å²) in [4.78, 5) is 23.3. The third kappa shape index (κ3) is 14.3. The van der Waals surface area contributed by atoms with Crippen molar-refractivity contribution in [2.75, 3.05) is 19.8 Å². The molecule has 0 rings (SSSR count). The summed E-state index contributed by atoms with van der Waals surface area (Å²) in [6.07, 6.45) is -1.64. The largest absolute Gasteiger partial charge is 0.509 e. The molecule has 24 heavy (non-hydrogen) atoms. The fraction of sp³-hybridized carbons (Fsp3) is 0.875. The smallest absolute Gasteiger partial charge is 0.430 e. The van der Waals surface area contributed by atoms with Gasteiger partial charge in [-0.25, -0.2) is 9.59 Å². The predicted octanol–water partition coefficient (Wildman–Crippen LogP) is 3.25. The van der Waals surface area contributed by atoms with Gasteiger partial charge < -0.3 is 23.7 Å². The Hall–Kier alpha value is -1.28. The van der Waals surface area contributed by atoms with Crippen molar-refractivity contribution < 1.29 is 33.3 Å². The molecule has 0 spiro atoms. The minimum absolute atomic E-state index is 0.0915. The Kier molecular flexibility index (Phi) is 9.99. The summed E-state index contributed by atoms with van der Waals surface area (Å²) in [5.74, 6) is 0. The van der Waals surface area contributed by atoms with Crippen molar-refractivity contribution in [3.63, 3.8) is 0 Å².